The van der Waals surface area contributed by atoms with E-state index < -0.39 is 0 Å². The van der Waals surface area contributed by atoms with Gasteiger partial charge in [0.1, 0.15) is 5.82 Å². The summed E-state index contributed by atoms with van der Waals surface area (Å²) in [5, 5.41) is 0. The fraction of sp³-hybridized carbons (Fsp3) is 0.706. The zero-order valence-corrected chi connectivity index (χ0v) is 13.4. The highest BCUT2D eigenvalue weighted by Crippen LogP contribution is 2.33. The van der Waals surface area contributed by atoms with Gasteiger partial charge in [0.15, 0.2) is 0 Å². The number of aromatic nitrogens is 1. The van der Waals surface area contributed by atoms with Crippen LogP contribution in [-0.4, -0.2) is 30.3 Å². The zero-order valence-electron chi connectivity index (χ0n) is 13.4. The molecule has 3 rings (SSSR count). The lowest BCUT2D eigenvalue weighted by molar-refractivity contribution is 0.0253. The van der Waals surface area contributed by atoms with Crippen LogP contribution in [0.15, 0.2) is 12.1 Å². The Hall–Kier alpha value is -1.13. The summed E-state index contributed by atoms with van der Waals surface area (Å²) >= 11 is 0. The molecule has 2 atom stereocenters. The minimum absolute atomic E-state index is 0.0430. The van der Waals surface area contributed by atoms with E-state index in [9.17, 15) is 0 Å². The van der Waals surface area contributed by atoms with Crippen molar-refractivity contribution in [2.24, 2.45) is 5.73 Å². The summed E-state index contributed by atoms with van der Waals surface area (Å²) in [6, 6.07) is 4.80. The van der Waals surface area contributed by atoms with E-state index in [0.29, 0.717) is 18.7 Å². The predicted octanol–water partition coefficient (Wildman–Crippen LogP) is 2.60. The molecule has 1 aromatic heterocycles. The number of hydrogen-bond donors (Lipinski definition) is 1. The Morgan fingerprint density at radius 1 is 1.33 bits per heavy atom. The third-order valence-corrected chi connectivity index (χ3v) is 4.65. The summed E-state index contributed by atoms with van der Waals surface area (Å²) in [7, 11) is 0. The largest absolute Gasteiger partial charge is 0.374 e. The molecule has 116 valence electrons. The highest BCUT2D eigenvalue weighted by atomic mass is 16.5. The lowest BCUT2D eigenvalue weighted by atomic mass is 9.90. The van der Waals surface area contributed by atoms with E-state index in [2.05, 4.69) is 37.8 Å². The Kier molecular flexibility index (Phi) is 3.93. The molecule has 1 aliphatic carbocycles. The van der Waals surface area contributed by atoms with Crippen LogP contribution in [0, 0.1) is 0 Å². The van der Waals surface area contributed by atoms with Crippen LogP contribution < -0.4 is 10.6 Å². The van der Waals surface area contributed by atoms with Gasteiger partial charge in [0.05, 0.1) is 18.8 Å². The van der Waals surface area contributed by atoms with Crippen molar-refractivity contribution in [3.8, 4) is 0 Å². The standard InChI is InChI=1S/C17H27N3O/c1-17(2,3)15-9-12(11-18)10-16(19-15)20-7-8-21-14-6-4-5-13(14)20/h9-10,13-14H,4-8,11,18H2,1-3H3. The molecule has 0 radical (unpaired) electrons. The summed E-state index contributed by atoms with van der Waals surface area (Å²) in [4.78, 5) is 7.41. The minimum Gasteiger partial charge on any atom is -0.374 e. The van der Waals surface area contributed by atoms with Gasteiger partial charge in [0, 0.05) is 24.2 Å². The van der Waals surface area contributed by atoms with Crippen LogP contribution in [0.25, 0.3) is 0 Å². The van der Waals surface area contributed by atoms with Crippen LogP contribution in [0.3, 0.4) is 0 Å². The first-order valence-electron chi connectivity index (χ1n) is 8.09. The molecular weight excluding hydrogens is 262 g/mol. The van der Waals surface area contributed by atoms with E-state index in [-0.39, 0.29) is 5.41 Å². The second-order valence-corrected chi connectivity index (χ2v) is 7.27. The average molecular weight is 289 g/mol. The molecule has 2 fully saturated rings. The van der Waals surface area contributed by atoms with Crippen molar-refractivity contribution < 1.29 is 4.74 Å². The maximum atomic E-state index is 5.91. The maximum Gasteiger partial charge on any atom is 0.129 e. The van der Waals surface area contributed by atoms with E-state index in [0.717, 1.165) is 24.7 Å². The summed E-state index contributed by atoms with van der Waals surface area (Å²) in [6.07, 6.45) is 4.04. The molecule has 2 heterocycles. The third-order valence-electron chi connectivity index (χ3n) is 4.65. The van der Waals surface area contributed by atoms with Crippen molar-refractivity contribution in [2.75, 3.05) is 18.1 Å². The van der Waals surface area contributed by atoms with E-state index in [1.54, 1.807) is 0 Å². The molecule has 1 saturated carbocycles. The van der Waals surface area contributed by atoms with Gasteiger partial charge in [-0.15, -0.1) is 0 Å². The van der Waals surface area contributed by atoms with Gasteiger partial charge in [-0.25, -0.2) is 4.98 Å². The molecule has 2 N–H and O–H groups in total. The first kappa shape index (κ1) is 14.8. The van der Waals surface area contributed by atoms with Crippen LogP contribution >= 0.6 is 0 Å². The number of hydrogen-bond acceptors (Lipinski definition) is 4. The second-order valence-electron chi connectivity index (χ2n) is 7.27. The monoisotopic (exact) mass is 289 g/mol. The number of rotatable bonds is 2. The molecule has 0 aromatic carbocycles. The van der Waals surface area contributed by atoms with Crippen molar-refractivity contribution in [1.29, 1.82) is 0 Å². The van der Waals surface area contributed by atoms with Crippen molar-refractivity contribution in [1.82, 2.24) is 4.98 Å². The zero-order chi connectivity index (χ0) is 15.0. The van der Waals surface area contributed by atoms with Crippen molar-refractivity contribution in [3.05, 3.63) is 23.4 Å². The summed E-state index contributed by atoms with van der Waals surface area (Å²) < 4.78 is 5.91. The topological polar surface area (TPSA) is 51.4 Å². The Labute approximate surface area is 127 Å². The molecule has 1 saturated heterocycles. The van der Waals surface area contributed by atoms with E-state index in [1.165, 1.54) is 24.8 Å². The van der Waals surface area contributed by atoms with Gasteiger partial charge in [0.25, 0.3) is 0 Å². The first-order chi connectivity index (χ1) is 9.99. The molecule has 21 heavy (non-hydrogen) atoms. The number of anilines is 1. The summed E-state index contributed by atoms with van der Waals surface area (Å²) in [5.74, 6) is 1.09. The SMILES string of the molecule is CC(C)(C)c1cc(CN)cc(N2CCOC3CCCC32)n1. The molecule has 4 heteroatoms. The molecule has 0 spiro atoms. The normalized spacial score (nSPS) is 26.0. The van der Waals surface area contributed by atoms with Crippen molar-refractivity contribution >= 4 is 5.82 Å². The highest BCUT2D eigenvalue weighted by Gasteiger charge is 2.37. The summed E-state index contributed by atoms with van der Waals surface area (Å²) in [6.45, 7) is 8.93. The number of ether oxygens (including phenoxy) is 1. The number of pyridine rings is 1. The summed E-state index contributed by atoms with van der Waals surface area (Å²) in [5.41, 5.74) is 8.24. The first-order valence-corrected chi connectivity index (χ1v) is 8.09. The molecule has 1 aromatic rings. The fourth-order valence-electron chi connectivity index (χ4n) is 3.43. The average Bonchev–Trinajstić information content (AvgIpc) is 2.94. The molecule has 0 amide bonds. The van der Waals surface area contributed by atoms with Gasteiger partial charge in [-0.1, -0.05) is 20.8 Å². The highest BCUT2D eigenvalue weighted by molar-refractivity contribution is 5.46. The fourth-order valence-corrected chi connectivity index (χ4v) is 3.43. The molecule has 2 aliphatic rings. The lowest BCUT2D eigenvalue weighted by Gasteiger charge is -2.39. The van der Waals surface area contributed by atoms with Gasteiger partial charge in [-0.3, -0.25) is 0 Å². The van der Waals surface area contributed by atoms with Gasteiger partial charge in [-0.2, -0.15) is 0 Å². The van der Waals surface area contributed by atoms with Crippen LogP contribution in [0.4, 0.5) is 5.82 Å². The van der Waals surface area contributed by atoms with Crippen LogP contribution in [0.2, 0.25) is 0 Å². The number of nitrogens with two attached hydrogens (primary N) is 1. The van der Waals surface area contributed by atoms with E-state index >= 15 is 0 Å². The minimum atomic E-state index is 0.0430. The van der Waals surface area contributed by atoms with Gasteiger partial charge < -0.3 is 15.4 Å². The van der Waals surface area contributed by atoms with Gasteiger partial charge in [0.2, 0.25) is 0 Å². The quantitative estimate of drug-likeness (QED) is 0.909. The maximum absolute atomic E-state index is 5.91. The molecule has 1 aliphatic heterocycles. The lowest BCUT2D eigenvalue weighted by Crippen LogP contribution is -2.49. The molecular formula is C17H27N3O. The Balaban J connectivity index is 1.97. The van der Waals surface area contributed by atoms with Gasteiger partial charge in [-0.05, 0) is 37.0 Å². The predicted molar refractivity (Wildman–Crippen MR) is 85.6 cm³/mol. The van der Waals surface area contributed by atoms with Crippen LogP contribution in [0.5, 0.6) is 0 Å². The Morgan fingerprint density at radius 3 is 2.86 bits per heavy atom. The van der Waals surface area contributed by atoms with Crippen LogP contribution in [0.1, 0.15) is 51.3 Å². The van der Waals surface area contributed by atoms with E-state index in [4.69, 9.17) is 15.5 Å². The van der Waals surface area contributed by atoms with E-state index in [1.807, 2.05) is 0 Å². The Bertz CT molecular complexity index is 509. The van der Waals surface area contributed by atoms with Crippen LogP contribution in [-0.2, 0) is 16.7 Å². The number of fused-ring (bicyclic) bond motifs is 1. The number of nitrogens with zero attached hydrogens (tertiary/aromatic N) is 2. The van der Waals surface area contributed by atoms with Gasteiger partial charge >= 0.3 is 0 Å². The Morgan fingerprint density at radius 2 is 2.14 bits per heavy atom. The molecule has 2 unspecified atom stereocenters. The third kappa shape index (κ3) is 2.92. The molecule has 4 nitrogen and oxygen atoms in total. The second kappa shape index (κ2) is 5.58. The smallest absolute Gasteiger partial charge is 0.129 e. The van der Waals surface area contributed by atoms with Crippen molar-refractivity contribution in [3.63, 3.8) is 0 Å². The van der Waals surface area contributed by atoms with Crippen molar-refractivity contribution in [2.45, 2.75) is 64.1 Å². The number of morpholine rings is 1. The molecule has 0 bridgehead atoms.